The van der Waals surface area contributed by atoms with Crippen molar-refractivity contribution in [2.75, 3.05) is 0 Å². The molecule has 0 heteroatoms. The van der Waals surface area contributed by atoms with Crippen LogP contribution in [0.15, 0.2) is 0 Å². The molecule has 0 amide bonds. The molecule has 0 heterocycles. The van der Waals surface area contributed by atoms with Gasteiger partial charge in [0.1, 0.15) is 0 Å². The van der Waals surface area contributed by atoms with Gasteiger partial charge in [0.05, 0.1) is 0 Å². The molecule has 0 saturated heterocycles. The summed E-state index contributed by atoms with van der Waals surface area (Å²) in [6.07, 6.45) is 15.5. The van der Waals surface area contributed by atoms with Crippen molar-refractivity contribution in [2.45, 2.75) is 113 Å². The molecule has 0 spiro atoms. The second kappa shape index (κ2) is 7.60. The average Bonchev–Trinajstić information content (AvgIpc) is 3.13. The second-order valence-electron chi connectivity index (χ2n) is 14.0. The lowest BCUT2D eigenvalue weighted by atomic mass is 9.63. The summed E-state index contributed by atoms with van der Waals surface area (Å²) >= 11 is 0. The number of hydrogen-bond donors (Lipinski definition) is 0. The summed E-state index contributed by atoms with van der Waals surface area (Å²) in [7, 11) is 0. The van der Waals surface area contributed by atoms with Gasteiger partial charge in [-0.3, -0.25) is 0 Å². The highest BCUT2D eigenvalue weighted by Gasteiger charge is 2.54. The zero-order chi connectivity index (χ0) is 20.3. The van der Waals surface area contributed by atoms with Crippen molar-refractivity contribution < 1.29 is 0 Å². The Hall–Kier alpha value is 0. The fraction of sp³-hybridized carbons (Fsp3) is 1.00. The van der Waals surface area contributed by atoms with Crippen LogP contribution in [0.2, 0.25) is 0 Å². The second-order valence-corrected chi connectivity index (χ2v) is 14.0. The molecule has 0 aromatic carbocycles. The van der Waals surface area contributed by atoms with Crippen molar-refractivity contribution in [1.82, 2.24) is 0 Å². The number of fused-ring (bicyclic) bond motifs is 3. The molecule has 4 rings (SSSR count). The summed E-state index contributed by atoms with van der Waals surface area (Å²) in [4.78, 5) is 0. The molecule has 28 heavy (non-hydrogen) atoms. The molecule has 4 aliphatic carbocycles. The summed E-state index contributed by atoms with van der Waals surface area (Å²) in [6.45, 7) is 17.6. The van der Waals surface area contributed by atoms with E-state index in [1.807, 2.05) is 0 Å². The quantitative estimate of drug-likeness (QED) is 0.445. The fourth-order valence-corrected chi connectivity index (χ4v) is 8.68. The molecule has 4 fully saturated rings. The Kier molecular flexibility index (Phi) is 5.77. The molecule has 0 aliphatic heterocycles. The Morgan fingerprint density at radius 3 is 1.82 bits per heavy atom. The van der Waals surface area contributed by atoms with Gasteiger partial charge in [0.25, 0.3) is 0 Å². The third-order valence-corrected chi connectivity index (χ3v) is 10.6. The molecule has 0 aromatic heterocycles. The van der Waals surface area contributed by atoms with E-state index in [1.165, 1.54) is 32.1 Å². The van der Waals surface area contributed by atoms with Crippen molar-refractivity contribution in [3.63, 3.8) is 0 Å². The van der Waals surface area contributed by atoms with E-state index in [-0.39, 0.29) is 0 Å². The van der Waals surface area contributed by atoms with Crippen molar-refractivity contribution in [1.29, 1.82) is 0 Å². The van der Waals surface area contributed by atoms with Crippen LogP contribution in [0.5, 0.6) is 0 Å². The van der Waals surface area contributed by atoms with Gasteiger partial charge in [0.15, 0.2) is 0 Å². The zero-order valence-electron chi connectivity index (χ0n) is 20.3. The third kappa shape index (κ3) is 3.97. The molecule has 0 nitrogen and oxygen atoms in total. The van der Waals surface area contributed by atoms with Crippen molar-refractivity contribution >= 4 is 0 Å². The summed E-state index contributed by atoms with van der Waals surface area (Å²) in [5.41, 5.74) is 1.03. The first kappa shape index (κ1) is 21.2. The van der Waals surface area contributed by atoms with Crippen LogP contribution in [-0.2, 0) is 0 Å². The van der Waals surface area contributed by atoms with Crippen LogP contribution in [0, 0.1) is 64.1 Å². The van der Waals surface area contributed by atoms with E-state index in [1.54, 1.807) is 32.1 Å². The first-order valence-corrected chi connectivity index (χ1v) is 13.1. The van der Waals surface area contributed by atoms with Crippen LogP contribution in [0.4, 0.5) is 0 Å². The zero-order valence-corrected chi connectivity index (χ0v) is 20.3. The molecule has 4 saturated carbocycles. The molecular formula is C28H50. The molecule has 9 unspecified atom stereocenters. The summed E-state index contributed by atoms with van der Waals surface area (Å²) in [6, 6.07) is 0. The molecule has 0 bridgehead atoms. The smallest absolute Gasteiger partial charge is 0.0349 e. The number of hydrogen-bond acceptors (Lipinski definition) is 0. The Bertz CT molecular complexity index is 531. The third-order valence-electron chi connectivity index (χ3n) is 10.6. The van der Waals surface area contributed by atoms with E-state index in [0.717, 1.165) is 53.3 Å². The lowest BCUT2D eigenvalue weighted by Crippen LogP contribution is -2.33. The van der Waals surface area contributed by atoms with Gasteiger partial charge in [-0.15, -0.1) is 0 Å². The Morgan fingerprint density at radius 2 is 1.21 bits per heavy atom. The van der Waals surface area contributed by atoms with Crippen molar-refractivity contribution in [2.24, 2.45) is 64.1 Å². The van der Waals surface area contributed by atoms with Gasteiger partial charge in [0.2, 0.25) is 0 Å². The predicted octanol–water partition coefficient (Wildman–Crippen LogP) is 8.60. The Labute approximate surface area is 177 Å². The van der Waals surface area contributed by atoms with Crippen molar-refractivity contribution in [3.8, 4) is 0 Å². The van der Waals surface area contributed by atoms with Gasteiger partial charge in [-0.25, -0.2) is 0 Å². The van der Waals surface area contributed by atoms with E-state index in [9.17, 15) is 0 Å². The monoisotopic (exact) mass is 386 g/mol. The molecular weight excluding hydrogens is 336 g/mol. The lowest BCUT2D eigenvalue weighted by molar-refractivity contribution is 0.0771. The van der Waals surface area contributed by atoms with Crippen LogP contribution < -0.4 is 0 Å². The Morgan fingerprint density at radius 1 is 0.607 bits per heavy atom. The van der Waals surface area contributed by atoms with Crippen LogP contribution >= 0.6 is 0 Å². The maximum absolute atomic E-state index is 2.59. The van der Waals surface area contributed by atoms with E-state index in [2.05, 4.69) is 48.5 Å². The summed E-state index contributed by atoms with van der Waals surface area (Å²) < 4.78 is 0. The predicted molar refractivity (Wildman–Crippen MR) is 122 cm³/mol. The SMILES string of the molecule is CC1CC(C(C)(C)C)CC1CC1C2CCCCC2C2CC(C(C)(C)C)CCC12. The van der Waals surface area contributed by atoms with Crippen LogP contribution in [-0.4, -0.2) is 0 Å². The first-order chi connectivity index (χ1) is 13.1. The van der Waals surface area contributed by atoms with Gasteiger partial charge in [-0.05, 0) is 115 Å². The first-order valence-electron chi connectivity index (χ1n) is 13.1. The van der Waals surface area contributed by atoms with Gasteiger partial charge < -0.3 is 0 Å². The minimum atomic E-state index is 0.513. The highest BCUT2D eigenvalue weighted by molar-refractivity contribution is 5.03. The molecule has 0 radical (unpaired) electrons. The minimum absolute atomic E-state index is 0.513. The minimum Gasteiger partial charge on any atom is -0.0622 e. The van der Waals surface area contributed by atoms with Gasteiger partial charge in [0, 0.05) is 0 Å². The van der Waals surface area contributed by atoms with E-state index in [4.69, 9.17) is 0 Å². The molecule has 0 N–H and O–H groups in total. The Balaban J connectivity index is 1.50. The van der Waals surface area contributed by atoms with E-state index >= 15 is 0 Å². The number of rotatable bonds is 2. The van der Waals surface area contributed by atoms with Crippen LogP contribution in [0.1, 0.15) is 113 Å². The average molecular weight is 387 g/mol. The maximum Gasteiger partial charge on any atom is -0.0349 e. The highest BCUT2D eigenvalue weighted by Crippen LogP contribution is 2.62. The van der Waals surface area contributed by atoms with Crippen molar-refractivity contribution in [3.05, 3.63) is 0 Å². The van der Waals surface area contributed by atoms with Gasteiger partial charge >= 0.3 is 0 Å². The molecule has 0 aromatic rings. The van der Waals surface area contributed by atoms with E-state index in [0.29, 0.717) is 10.8 Å². The lowest BCUT2D eigenvalue weighted by Gasteiger charge is -2.42. The van der Waals surface area contributed by atoms with Crippen LogP contribution in [0.3, 0.4) is 0 Å². The highest BCUT2D eigenvalue weighted by atomic mass is 14.6. The normalized spacial score (nSPS) is 47.0. The van der Waals surface area contributed by atoms with Crippen LogP contribution in [0.25, 0.3) is 0 Å². The largest absolute Gasteiger partial charge is 0.0622 e. The standard InChI is InChI=1S/C28H50/c1-18-14-21(28(5,6)7)15-19(18)16-25-22-10-8-9-11-23(22)26-17-20(27(2,3)4)12-13-24(25)26/h18-26H,8-17H2,1-7H3. The summed E-state index contributed by atoms with van der Waals surface area (Å²) in [5, 5.41) is 0. The molecule has 162 valence electrons. The summed E-state index contributed by atoms with van der Waals surface area (Å²) in [5.74, 6) is 9.40. The van der Waals surface area contributed by atoms with Gasteiger partial charge in [-0.2, -0.15) is 0 Å². The van der Waals surface area contributed by atoms with E-state index < -0.39 is 0 Å². The molecule has 9 atom stereocenters. The maximum atomic E-state index is 2.59. The fourth-order valence-electron chi connectivity index (χ4n) is 8.68. The topological polar surface area (TPSA) is 0 Å². The van der Waals surface area contributed by atoms with Gasteiger partial charge in [-0.1, -0.05) is 61.3 Å². The molecule has 4 aliphatic rings.